The van der Waals surface area contributed by atoms with Crippen LogP contribution in [0.3, 0.4) is 0 Å². The lowest BCUT2D eigenvalue weighted by atomic mass is 9.77. The number of aromatic nitrogens is 2. The Balaban J connectivity index is 2.01. The molecule has 0 bridgehead atoms. The smallest absolute Gasteiger partial charge is 0.271 e. The second kappa shape index (κ2) is 5.30. The van der Waals surface area contributed by atoms with Crippen molar-refractivity contribution in [2.45, 2.75) is 31.7 Å². The highest BCUT2D eigenvalue weighted by atomic mass is 16.3. The Bertz CT molecular complexity index is 409. The van der Waals surface area contributed by atoms with Gasteiger partial charge in [-0.1, -0.05) is 0 Å². The maximum absolute atomic E-state index is 11.5. The van der Waals surface area contributed by atoms with Crippen LogP contribution in [-0.4, -0.2) is 39.9 Å². The van der Waals surface area contributed by atoms with Crippen LogP contribution in [-0.2, 0) is 0 Å². The number of hydrogen-bond acceptors (Lipinski definition) is 5. The number of carbonyl (C=O) groups is 1. The van der Waals surface area contributed by atoms with Gasteiger partial charge in [-0.2, -0.15) is 0 Å². The molecule has 0 radical (unpaired) electrons. The van der Waals surface area contributed by atoms with Gasteiger partial charge >= 0.3 is 0 Å². The number of rotatable bonds is 5. The first-order valence-electron chi connectivity index (χ1n) is 6.20. The van der Waals surface area contributed by atoms with Crippen LogP contribution in [0.4, 0.5) is 5.82 Å². The lowest BCUT2D eigenvalue weighted by Gasteiger charge is -2.41. The summed E-state index contributed by atoms with van der Waals surface area (Å²) >= 11 is 0. The Kier molecular flexibility index (Phi) is 3.76. The van der Waals surface area contributed by atoms with E-state index in [-0.39, 0.29) is 18.1 Å². The summed E-state index contributed by atoms with van der Waals surface area (Å²) in [6.45, 7) is 2.50. The molecule has 6 heteroatoms. The predicted octanol–water partition coefficient (Wildman–Crippen LogP) is 0.553. The number of amides is 1. The van der Waals surface area contributed by atoms with E-state index >= 15 is 0 Å². The molecule has 0 unspecified atom stereocenters. The number of hydrogen-bond donors (Lipinski definition) is 3. The molecular weight excluding hydrogens is 232 g/mol. The predicted molar refractivity (Wildman–Crippen MR) is 67.3 cm³/mol. The molecule has 18 heavy (non-hydrogen) atoms. The van der Waals surface area contributed by atoms with Crippen LogP contribution in [0.2, 0.25) is 0 Å². The molecule has 1 aromatic heterocycles. The second-order valence-corrected chi connectivity index (χ2v) is 4.58. The van der Waals surface area contributed by atoms with E-state index in [4.69, 9.17) is 0 Å². The molecule has 1 aliphatic carbocycles. The molecule has 2 rings (SSSR count). The maximum Gasteiger partial charge on any atom is 0.271 e. The van der Waals surface area contributed by atoms with Crippen LogP contribution in [0.1, 0.15) is 36.7 Å². The summed E-state index contributed by atoms with van der Waals surface area (Å²) in [5.74, 6) is 0.369. The van der Waals surface area contributed by atoms with E-state index in [0.717, 1.165) is 19.3 Å². The Morgan fingerprint density at radius 3 is 2.67 bits per heavy atom. The Morgan fingerprint density at radius 2 is 2.22 bits per heavy atom. The number of nitrogens with one attached hydrogen (secondary N) is 2. The Hall–Kier alpha value is -1.69. The van der Waals surface area contributed by atoms with E-state index in [9.17, 15) is 9.90 Å². The average molecular weight is 250 g/mol. The molecule has 0 atom stereocenters. The standard InChI is InChI=1S/C12H18N4O2/c1-2-13-11(18)9-4-5-10(16-15-9)14-12(8-17)6-3-7-12/h4-5,17H,2-3,6-8H2,1H3,(H,13,18)(H,14,16). The number of anilines is 1. The lowest BCUT2D eigenvalue weighted by Crippen LogP contribution is -2.48. The molecule has 1 heterocycles. The first-order valence-corrected chi connectivity index (χ1v) is 6.20. The van der Waals surface area contributed by atoms with Gasteiger partial charge in [-0.15, -0.1) is 10.2 Å². The van der Waals surface area contributed by atoms with Gasteiger partial charge in [-0.05, 0) is 38.3 Å². The van der Waals surface area contributed by atoms with Gasteiger partial charge in [-0.25, -0.2) is 0 Å². The van der Waals surface area contributed by atoms with Crippen molar-refractivity contribution in [3.8, 4) is 0 Å². The molecule has 1 amide bonds. The largest absolute Gasteiger partial charge is 0.394 e. The third kappa shape index (κ3) is 2.59. The zero-order valence-corrected chi connectivity index (χ0v) is 10.4. The van der Waals surface area contributed by atoms with Gasteiger partial charge in [0.25, 0.3) is 5.91 Å². The normalized spacial score (nSPS) is 16.8. The van der Waals surface area contributed by atoms with Gasteiger partial charge < -0.3 is 15.7 Å². The van der Waals surface area contributed by atoms with Crippen LogP contribution >= 0.6 is 0 Å². The molecule has 0 aromatic carbocycles. The third-order valence-corrected chi connectivity index (χ3v) is 3.24. The SMILES string of the molecule is CCNC(=O)c1ccc(NC2(CO)CCC2)nn1. The summed E-state index contributed by atoms with van der Waals surface area (Å²) in [6, 6.07) is 3.34. The molecule has 6 nitrogen and oxygen atoms in total. The van der Waals surface area contributed by atoms with Crippen LogP contribution < -0.4 is 10.6 Å². The number of aliphatic hydroxyl groups excluding tert-OH is 1. The topological polar surface area (TPSA) is 87.1 Å². The van der Waals surface area contributed by atoms with Crippen molar-refractivity contribution in [3.63, 3.8) is 0 Å². The molecule has 1 aliphatic rings. The van der Waals surface area contributed by atoms with E-state index in [1.54, 1.807) is 12.1 Å². The minimum atomic E-state index is -0.248. The molecule has 0 saturated heterocycles. The van der Waals surface area contributed by atoms with Gasteiger partial charge in [0.15, 0.2) is 5.69 Å². The minimum absolute atomic E-state index is 0.0900. The molecule has 1 saturated carbocycles. The van der Waals surface area contributed by atoms with E-state index in [1.807, 2.05) is 6.92 Å². The van der Waals surface area contributed by atoms with Crippen LogP contribution in [0.15, 0.2) is 12.1 Å². The Morgan fingerprint density at radius 1 is 1.44 bits per heavy atom. The van der Waals surface area contributed by atoms with Crippen LogP contribution in [0.25, 0.3) is 0 Å². The summed E-state index contributed by atoms with van der Waals surface area (Å²) < 4.78 is 0. The molecule has 98 valence electrons. The zero-order chi connectivity index (χ0) is 13.0. The second-order valence-electron chi connectivity index (χ2n) is 4.58. The minimum Gasteiger partial charge on any atom is -0.394 e. The summed E-state index contributed by atoms with van der Waals surface area (Å²) in [5.41, 5.74) is 0.0519. The molecular formula is C12H18N4O2. The van der Waals surface area contributed by atoms with Gasteiger partial charge in [0.1, 0.15) is 5.82 Å². The fourth-order valence-electron chi connectivity index (χ4n) is 1.97. The van der Waals surface area contributed by atoms with E-state index in [2.05, 4.69) is 20.8 Å². The van der Waals surface area contributed by atoms with E-state index in [1.165, 1.54) is 0 Å². The summed E-state index contributed by atoms with van der Waals surface area (Å²) in [4.78, 5) is 11.5. The first kappa shape index (κ1) is 12.8. The number of nitrogens with zero attached hydrogens (tertiary/aromatic N) is 2. The summed E-state index contributed by atoms with van der Waals surface area (Å²) in [5, 5.41) is 23.0. The summed E-state index contributed by atoms with van der Waals surface area (Å²) in [6.07, 6.45) is 2.98. The quantitative estimate of drug-likeness (QED) is 0.710. The van der Waals surface area contributed by atoms with Crippen molar-refractivity contribution in [1.82, 2.24) is 15.5 Å². The average Bonchev–Trinajstić information content (AvgIpc) is 2.35. The third-order valence-electron chi connectivity index (χ3n) is 3.24. The molecule has 1 fully saturated rings. The molecule has 3 N–H and O–H groups in total. The summed E-state index contributed by atoms with van der Waals surface area (Å²) in [7, 11) is 0. The van der Waals surface area contributed by atoms with Crippen LogP contribution in [0, 0.1) is 0 Å². The lowest BCUT2D eigenvalue weighted by molar-refractivity contribution is 0.0950. The van der Waals surface area contributed by atoms with Gasteiger partial charge in [-0.3, -0.25) is 4.79 Å². The monoisotopic (exact) mass is 250 g/mol. The fraction of sp³-hybridized carbons (Fsp3) is 0.583. The number of aliphatic hydroxyl groups is 1. The highest BCUT2D eigenvalue weighted by molar-refractivity contribution is 5.92. The maximum atomic E-state index is 11.5. The van der Waals surface area contributed by atoms with Crippen molar-refractivity contribution < 1.29 is 9.90 Å². The van der Waals surface area contributed by atoms with Crippen molar-refractivity contribution >= 4 is 11.7 Å². The van der Waals surface area contributed by atoms with Crippen molar-refractivity contribution in [2.75, 3.05) is 18.5 Å². The molecule has 1 aromatic rings. The Labute approximate surface area is 106 Å². The van der Waals surface area contributed by atoms with Gasteiger partial charge in [0.2, 0.25) is 0 Å². The van der Waals surface area contributed by atoms with Crippen molar-refractivity contribution in [2.24, 2.45) is 0 Å². The zero-order valence-electron chi connectivity index (χ0n) is 10.4. The number of carbonyl (C=O) groups excluding carboxylic acids is 1. The first-order chi connectivity index (χ1) is 8.69. The molecule has 0 spiro atoms. The van der Waals surface area contributed by atoms with Gasteiger partial charge in [0.05, 0.1) is 12.1 Å². The van der Waals surface area contributed by atoms with Gasteiger partial charge in [0, 0.05) is 6.54 Å². The molecule has 0 aliphatic heterocycles. The van der Waals surface area contributed by atoms with E-state index in [0.29, 0.717) is 18.1 Å². The fourth-order valence-corrected chi connectivity index (χ4v) is 1.97. The van der Waals surface area contributed by atoms with E-state index < -0.39 is 0 Å². The van der Waals surface area contributed by atoms with Crippen molar-refractivity contribution in [3.05, 3.63) is 17.8 Å². The van der Waals surface area contributed by atoms with Crippen LogP contribution in [0.5, 0.6) is 0 Å². The highest BCUT2D eigenvalue weighted by Gasteiger charge is 2.36. The van der Waals surface area contributed by atoms with Crippen molar-refractivity contribution in [1.29, 1.82) is 0 Å². The highest BCUT2D eigenvalue weighted by Crippen LogP contribution is 2.34.